The summed E-state index contributed by atoms with van der Waals surface area (Å²) in [5, 5.41) is 0. The Morgan fingerprint density at radius 1 is 1.12 bits per heavy atom. The minimum absolute atomic E-state index is 0.0813. The van der Waals surface area contributed by atoms with Crippen molar-refractivity contribution >= 4 is 21.8 Å². The Labute approximate surface area is 159 Å². The van der Waals surface area contributed by atoms with E-state index in [9.17, 15) is 9.18 Å². The second kappa shape index (κ2) is 7.03. The van der Waals surface area contributed by atoms with Crippen LogP contribution in [0.3, 0.4) is 0 Å². The summed E-state index contributed by atoms with van der Waals surface area (Å²) in [4.78, 5) is 18.8. The van der Waals surface area contributed by atoms with Crippen LogP contribution in [0.15, 0.2) is 59.3 Å². The van der Waals surface area contributed by atoms with Gasteiger partial charge >= 0.3 is 0 Å². The van der Waals surface area contributed by atoms with Crippen LogP contribution in [0.5, 0.6) is 0 Å². The van der Waals surface area contributed by atoms with E-state index >= 15 is 0 Å². The number of fused-ring (bicyclic) bond motifs is 1. The van der Waals surface area contributed by atoms with Gasteiger partial charge in [-0.15, -0.1) is 0 Å². The molecular weight excluding hydrogens is 397 g/mol. The highest BCUT2D eigenvalue weighted by Crippen LogP contribution is 2.28. The Morgan fingerprint density at radius 2 is 1.92 bits per heavy atom. The molecule has 4 rings (SSSR count). The van der Waals surface area contributed by atoms with Crippen LogP contribution in [0.2, 0.25) is 0 Å². The van der Waals surface area contributed by atoms with Gasteiger partial charge in [0.05, 0.1) is 24.3 Å². The fourth-order valence-electron chi connectivity index (χ4n) is 3.22. The van der Waals surface area contributed by atoms with Crippen molar-refractivity contribution in [3.63, 3.8) is 0 Å². The van der Waals surface area contributed by atoms with E-state index in [0.717, 1.165) is 27.0 Å². The Bertz CT molecular complexity index is 952. The number of rotatable bonds is 4. The lowest BCUT2D eigenvalue weighted by atomic mass is 10.1. The lowest BCUT2D eigenvalue weighted by molar-refractivity contribution is -0.134. The maximum absolute atomic E-state index is 13.0. The number of aromatic nitrogens is 2. The van der Waals surface area contributed by atoms with Gasteiger partial charge in [0.2, 0.25) is 5.91 Å². The molecule has 4 nitrogen and oxygen atoms in total. The largest absolute Gasteiger partial charge is 0.335 e. The van der Waals surface area contributed by atoms with Gasteiger partial charge in [-0.05, 0) is 36.2 Å². The molecule has 1 aliphatic heterocycles. The highest BCUT2D eigenvalue weighted by atomic mass is 79.9. The van der Waals surface area contributed by atoms with Crippen LogP contribution in [0, 0.1) is 5.82 Å². The quantitative estimate of drug-likeness (QED) is 0.647. The number of carbonyl (C=O) groups excluding carboxylic acids is 1. The second-order valence-corrected chi connectivity index (χ2v) is 7.29. The summed E-state index contributed by atoms with van der Waals surface area (Å²) < 4.78 is 16.0. The smallest absolute Gasteiger partial charge is 0.242 e. The van der Waals surface area contributed by atoms with Crippen molar-refractivity contribution in [1.29, 1.82) is 0 Å². The summed E-state index contributed by atoms with van der Waals surface area (Å²) in [6.45, 7) is 1.44. The van der Waals surface area contributed by atoms with Gasteiger partial charge in [0.25, 0.3) is 0 Å². The molecule has 0 aliphatic carbocycles. The predicted octanol–water partition coefficient (Wildman–Crippen LogP) is 4.04. The topological polar surface area (TPSA) is 38.1 Å². The van der Waals surface area contributed by atoms with E-state index in [4.69, 9.17) is 0 Å². The number of imidazole rings is 1. The Kier molecular flexibility index (Phi) is 4.59. The molecule has 1 aliphatic rings. The molecule has 6 heteroatoms. The zero-order valence-electron chi connectivity index (χ0n) is 14.0. The first-order valence-corrected chi connectivity index (χ1v) is 9.21. The van der Waals surface area contributed by atoms with Crippen molar-refractivity contribution in [2.24, 2.45) is 0 Å². The third-order valence-corrected chi connectivity index (χ3v) is 5.12. The molecule has 1 amide bonds. The van der Waals surface area contributed by atoms with E-state index in [0.29, 0.717) is 26.1 Å². The lowest BCUT2D eigenvalue weighted by Crippen LogP contribution is -2.40. The summed E-state index contributed by atoms with van der Waals surface area (Å²) in [5.41, 5.74) is 4.00. The summed E-state index contributed by atoms with van der Waals surface area (Å²) in [7, 11) is 0. The maximum Gasteiger partial charge on any atom is 0.242 e. The number of benzene rings is 2. The van der Waals surface area contributed by atoms with E-state index in [2.05, 4.69) is 20.9 Å². The Hall–Kier alpha value is -2.47. The first kappa shape index (κ1) is 17.0. The van der Waals surface area contributed by atoms with Crippen molar-refractivity contribution in [2.75, 3.05) is 6.54 Å². The predicted molar refractivity (Wildman–Crippen MR) is 101 cm³/mol. The van der Waals surface area contributed by atoms with Gasteiger partial charge in [-0.1, -0.05) is 40.2 Å². The zero-order chi connectivity index (χ0) is 18.1. The average Bonchev–Trinajstić information content (AvgIpc) is 3.03. The molecule has 0 unspecified atom stereocenters. The molecule has 0 N–H and O–H groups in total. The van der Waals surface area contributed by atoms with Gasteiger partial charge < -0.3 is 9.47 Å². The van der Waals surface area contributed by atoms with Crippen LogP contribution in [-0.4, -0.2) is 26.9 Å². The highest BCUT2D eigenvalue weighted by molar-refractivity contribution is 9.10. The van der Waals surface area contributed by atoms with Gasteiger partial charge in [-0.2, -0.15) is 0 Å². The van der Waals surface area contributed by atoms with Crippen LogP contribution in [0.1, 0.15) is 11.3 Å². The van der Waals surface area contributed by atoms with Crippen molar-refractivity contribution in [3.05, 3.63) is 76.4 Å². The summed E-state index contributed by atoms with van der Waals surface area (Å²) in [6.07, 6.45) is 2.44. The molecule has 0 saturated heterocycles. The van der Waals surface area contributed by atoms with E-state index in [1.54, 1.807) is 18.5 Å². The fourth-order valence-corrected chi connectivity index (χ4v) is 3.62. The van der Waals surface area contributed by atoms with Crippen LogP contribution < -0.4 is 0 Å². The molecule has 3 aromatic rings. The number of halogens is 2. The number of nitrogens with zero attached hydrogens (tertiary/aromatic N) is 3. The minimum Gasteiger partial charge on any atom is -0.335 e. The maximum atomic E-state index is 13.0. The van der Waals surface area contributed by atoms with Gasteiger partial charge in [0, 0.05) is 16.6 Å². The van der Waals surface area contributed by atoms with E-state index in [1.807, 2.05) is 33.7 Å². The van der Waals surface area contributed by atoms with E-state index in [1.165, 1.54) is 12.1 Å². The molecule has 0 bridgehead atoms. The molecule has 0 fully saturated rings. The zero-order valence-corrected chi connectivity index (χ0v) is 15.6. The molecular formula is C20H17BrFN3O. The van der Waals surface area contributed by atoms with Crippen LogP contribution in [0.25, 0.3) is 11.3 Å². The van der Waals surface area contributed by atoms with Crippen molar-refractivity contribution in [2.45, 2.75) is 19.5 Å². The molecule has 132 valence electrons. The van der Waals surface area contributed by atoms with Gasteiger partial charge in [0.1, 0.15) is 12.4 Å². The van der Waals surface area contributed by atoms with Gasteiger partial charge in [-0.25, -0.2) is 9.37 Å². The number of amides is 1. The average molecular weight is 414 g/mol. The number of carbonyl (C=O) groups is 1. The SMILES string of the molecule is O=C1Cn2cnc(-c3cccc(Br)c3)c2CN1CCc1ccc(F)cc1. The third kappa shape index (κ3) is 3.42. The Balaban J connectivity index is 1.54. The first-order valence-electron chi connectivity index (χ1n) is 8.42. The molecule has 2 heterocycles. The highest BCUT2D eigenvalue weighted by Gasteiger charge is 2.26. The molecule has 1 aromatic heterocycles. The van der Waals surface area contributed by atoms with Crippen molar-refractivity contribution < 1.29 is 9.18 Å². The van der Waals surface area contributed by atoms with Crippen LogP contribution in [-0.2, 0) is 24.3 Å². The van der Waals surface area contributed by atoms with Gasteiger partial charge in [0.15, 0.2) is 0 Å². The summed E-state index contributed by atoms with van der Waals surface area (Å²) in [5.74, 6) is -0.164. The molecule has 2 aromatic carbocycles. The monoisotopic (exact) mass is 413 g/mol. The molecule has 26 heavy (non-hydrogen) atoms. The van der Waals surface area contributed by atoms with Crippen LogP contribution >= 0.6 is 15.9 Å². The van der Waals surface area contributed by atoms with Crippen molar-refractivity contribution in [1.82, 2.24) is 14.5 Å². The van der Waals surface area contributed by atoms with E-state index < -0.39 is 0 Å². The summed E-state index contributed by atoms with van der Waals surface area (Å²) >= 11 is 3.50. The summed E-state index contributed by atoms with van der Waals surface area (Å²) in [6, 6.07) is 14.4. The molecule has 0 atom stereocenters. The number of hydrogen-bond acceptors (Lipinski definition) is 2. The molecule has 0 saturated carbocycles. The first-order chi connectivity index (χ1) is 12.6. The van der Waals surface area contributed by atoms with Gasteiger partial charge in [-0.3, -0.25) is 4.79 Å². The normalized spacial score (nSPS) is 13.8. The van der Waals surface area contributed by atoms with Crippen molar-refractivity contribution in [3.8, 4) is 11.3 Å². The van der Waals surface area contributed by atoms with E-state index in [-0.39, 0.29) is 11.7 Å². The number of hydrogen-bond donors (Lipinski definition) is 0. The second-order valence-electron chi connectivity index (χ2n) is 6.37. The minimum atomic E-state index is -0.245. The standard InChI is InChI=1S/C20H17BrFN3O/c21-16-3-1-2-15(10-16)20-18-11-24(19(26)12-25(18)13-23-20)9-8-14-4-6-17(22)7-5-14/h1-7,10,13H,8-9,11-12H2. The fraction of sp³-hybridized carbons (Fsp3) is 0.200. The lowest BCUT2D eigenvalue weighted by Gasteiger charge is -2.28. The molecule has 0 spiro atoms. The third-order valence-electron chi connectivity index (χ3n) is 4.63. The van der Waals surface area contributed by atoms with Crippen LogP contribution in [0.4, 0.5) is 4.39 Å². The molecule has 0 radical (unpaired) electrons. The Morgan fingerprint density at radius 3 is 2.69 bits per heavy atom.